The minimum Gasteiger partial charge on any atom is -0.456 e. The monoisotopic (exact) mass is 425 g/mol. The minimum atomic E-state index is -1.13. The fourth-order valence-electron chi connectivity index (χ4n) is 2.49. The van der Waals surface area contributed by atoms with Crippen LogP contribution in [0.3, 0.4) is 0 Å². The van der Waals surface area contributed by atoms with Gasteiger partial charge < -0.3 is 15.5 Å². The molecule has 4 nitrogen and oxygen atoms in total. The van der Waals surface area contributed by atoms with E-state index in [9.17, 15) is 4.39 Å². The van der Waals surface area contributed by atoms with Gasteiger partial charge in [0, 0.05) is 25.1 Å². The third-order valence-electron chi connectivity index (χ3n) is 3.96. The topological polar surface area (TPSA) is 64.1 Å². The van der Waals surface area contributed by atoms with E-state index in [1.165, 1.54) is 6.92 Å². The van der Waals surface area contributed by atoms with E-state index < -0.39 is 12.2 Å². The van der Waals surface area contributed by atoms with Crippen molar-refractivity contribution in [2.75, 3.05) is 5.32 Å². The molecule has 132 valence electrons. The molecule has 3 N–H and O–H groups in total. The smallest absolute Gasteiger partial charge is 0.177 e. The number of nitrogens with zero attached hydrogens (tertiary/aromatic N) is 1. The molecule has 2 atom stereocenters. The van der Waals surface area contributed by atoms with E-state index in [1.807, 2.05) is 30.3 Å². The number of rotatable bonds is 6. The third-order valence-corrected chi connectivity index (χ3v) is 4.97. The summed E-state index contributed by atoms with van der Waals surface area (Å²) in [5.41, 5.74) is 8.85. The summed E-state index contributed by atoms with van der Waals surface area (Å²) in [6.45, 7) is 2.05. The molecule has 0 fully saturated rings. The Morgan fingerprint density at radius 3 is 2.76 bits per heavy atom. The fraction of sp³-hybridized carbons (Fsp3) is 0.278. The van der Waals surface area contributed by atoms with Crippen molar-refractivity contribution in [2.45, 2.75) is 32.1 Å². The summed E-state index contributed by atoms with van der Waals surface area (Å²) in [6, 6.07) is 11.0. The zero-order valence-electron chi connectivity index (χ0n) is 13.6. The predicted octanol–water partition coefficient (Wildman–Crippen LogP) is 5.08. The van der Waals surface area contributed by atoms with E-state index in [2.05, 4.69) is 26.2 Å². The minimum absolute atomic E-state index is 0.268. The van der Waals surface area contributed by atoms with Gasteiger partial charge in [-0.25, -0.2) is 9.37 Å². The van der Waals surface area contributed by atoms with Crippen LogP contribution in [0.2, 0.25) is 5.15 Å². The largest absolute Gasteiger partial charge is 0.456 e. The number of furan rings is 1. The Bertz CT molecular complexity index is 870. The number of aromatic nitrogens is 1. The van der Waals surface area contributed by atoms with Crippen LogP contribution in [0.25, 0.3) is 11.1 Å². The van der Waals surface area contributed by atoms with Gasteiger partial charge in [0.1, 0.15) is 22.6 Å². The second kappa shape index (κ2) is 7.72. The molecule has 25 heavy (non-hydrogen) atoms. The van der Waals surface area contributed by atoms with Crippen molar-refractivity contribution in [3.8, 4) is 0 Å². The Morgan fingerprint density at radius 2 is 2.08 bits per heavy atom. The first-order valence-electron chi connectivity index (χ1n) is 7.90. The molecule has 0 saturated carbocycles. The molecule has 0 spiro atoms. The zero-order valence-corrected chi connectivity index (χ0v) is 15.9. The lowest BCUT2D eigenvalue weighted by atomic mass is 10.1. The number of benzene rings is 1. The Labute approximate surface area is 158 Å². The van der Waals surface area contributed by atoms with E-state index in [-0.39, 0.29) is 6.42 Å². The first-order chi connectivity index (χ1) is 12.0. The first-order valence-corrected chi connectivity index (χ1v) is 9.07. The van der Waals surface area contributed by atoms with Crippen LogP contribution in [0.1, 0.15) is 18.2 Å². The van der Waals surface area contributed by atoms with Gasteiger partial charge >= 0.3 is 0 Å². The molecule has 0 saturated heterocycles. The molecule has 0 aliphatic rings. The molecular formula is C18H18BrClFN3O. The zero-order chi connectivity index (χ0) is 18.0. The van der Waals surface area contributed by atoms with Gasteiger partial charge in [0.2, 0.25) is 0 Å². The van der Waals surface area contributed by atoms with Crippen molar-refractivity contribution in [2.24, 2.45) is 5.73 Å². The maximum Gasteiger partial charge on any atom is 0.177 e. The maximum atomic E-state index is 13.4. The highest BCUT2D eigenvalue weighted by molar-refractivity contribution is 9.10. The summed E-state index contributed by atoms with van der Waals surface area (Å²) >= 11 is 9.62. The summed E-state index contributed by atoms with van der Waals surface area (Å²) in [7, 11) is 0. The van der Waals surface area contributed by atoms with Crippen molar-refractivity contribution in [3.63, 3.8) is 0 Å². The lowest BCUT2D eigenvalue weighted by Gasteiger charge is -2.10. The highest BCUT2D eigenvalue weighted by atomic mass is 79.9. The second-order valence-corrected chi connectivity index (χ2v) is 7.07. The molecule has 0 unspecified atom stereocenters. The number of nitrogens with two attached hydrogens (primary N) is 1. The van der Waals surface area contributed by atoms with Gasteiger partial charge in [0.25, 0.3) is 0 Å². The Morgan fingerprint density at radius 1 is 1.36 bits per heavy atom. The number of anilines is 1. The van der Waals surface area contributed by atoms with E-state index in [4.69, 9.17) is 21.8 Å². The maximum absolute atomic E-state index is 13.4. The highest BCUT2D eigenvalue weighted by Gasteiger charge is 2.21. The van der Waals surface area contributed by atoms with Gasteiger partial charge in [-0.2, -0.15) is 0 Å². The van der Waals surface area contributed by atoms with Crippen LogP contribution >= 0.6 is 27.5 Å². The molecule has 0 radical (unpaired) electrons. The van der Waals surface area contributed by atoms with Crippen LogP contribution < -0.4 is 11.1 Å². The standard InChI is InChI=1S/C18H18BrClFN3O/c1-10(21)12(22)7-14-16(19)17-18(25-14)13(8-15(20)24-17)23-9-11-5-3-2-4-6-11/h2-6,8,10,12H,7,9,22H2,1H3,(H,23,24)/t10-,12+/m0/s1. The van der Waals surface area contributed by atoms with Gasteiger partial charge in [-0.05, 0) is 28.4 Å². The number of fused-ring (bicyclic) bond motifs is 1. The van der Waals surface area contributed by atoms with Crippen LogP contribution in [0.4, 0.5) is 10.1 Å². The number of hydrogen-bond donors (Lipinski definition) is 2. The van der Waals surface area contributed by atoms with Crippen LogP contribution in [0.15, 0.2) is 45.3 Å². The average Bonchev–Trinajstić information content (AvgIpc) is 2.90. The van der Waals surface area contributed by atoms with Gasteiger partial charge in [-0.1, -0.05) is 41.9 Å². The van der Waals surface area contributed by atoms with Crippen molar-refractivity contribution in [3.05, 3.63) is 57.3 Å². The molecule has 0 aliphatic heterocycles. The second-order valence-electron chi connectivity index (χ2n) is 5.89. The molecule has 3 rings (SSSR count). The summed E-state index contributed by atoms with van der Waals surface area (Å²) in [6.07, 6.45) is -0.864. The van der Waals surface area contributed by atoms with E-state index in [1.54, 1.807) is 6.07 Å². The molecule has 3 aromatic rings. The van der Waals surface area contributed by atoms with Crippen LogP contribution in [0, 0.1) is 0 Å². The average molecular weight is 427 g/mol. The summed E-state index contributed by atoms with van der Waals surface area (Å²) in [5.74, 6) is 0.560. The molecular weight excluding hydrogens is 409 g/mol. The van der Waals surface area contributed by atoms with Crippen molar-refractivity contribution in [1.82, 2.24) is 4.98 Å². The quantitative estimate of drug-likeness (QED) is 0.539. The van der Waals surface area contributed by atoms with Gasteiger partial charge in [-0.15, -0.1) is 0 Å². The number of hydrogen-bond acceptors (Lipinski definition) is 4. The lowest BCUT2D eigenvalue weighted by Crippen LogP contribution is -2.31. The number of alkyl halides is 1. The SMILES string of the molecule is C[C@H](F)[C@H](N)Cc1oc2c(NCc3ccccc3)cc(Cl)nc2c1Br. The Balaban J connectivity index is 1.92. The number of halogens is 3. The van der Waals surface area contributed by atoms with Crippen LogP contribution in [-0.4, -0.2) is 17.2 Å². The molecule has 2 aromatic heterocycles. The number of pyridine rings is 1. The molecule has 2 heterocycles. The van der Waals surface area contributed by atoms with E-state index >= 15 is 0 Å². The molecule has 1 aromatic carbocycles. The summed E-state index contributed by atoms with van der Waals surface area (Å²) in [5, 5.41) is 3.66. The lowest BCUT2D eigenvalue weighted by molar-refractivity contribution is 0.295. The van der Waals surface area contributed by atoms with Crippen molar-refractivity contribution in [1.29, 1.82) is 0 Å². The molecule has 0 amide bonds. The third kappa shape index (κ3) is 4.14. The molecule has 0 aliphatic carbocycles. The highest BCUT2D eigenvalue weighted by Crippen LogP contribution is 2.36. The number of nitrogens with one attached hydrogen (secondary N) is 1. The Hall–Kier alpha value is -1.63. The van der Waals surface area contributed by atoms with Gasteiger partial charge in [0.05, 0.1) is 10.2 Å². The molecule has 0 bridgehead atoms. The van der Waals surface area contributed by atoms with Crippen LogP contribution in [0.5, 0.6) is 0 Å². The first kappa shape index (κ1) is 18.2. The predicted molar refractivity (Wildman–Crippen MR) is 103 cm³/mol. The van der Waals surface area contributed by atoms with Crippen LogP contribution in [-0.2, 0) is 13.0 Å². The Kier molecular flexibility index (Phi) is 5.61. The normalized spacial score (nSPS) is 13.8. The summed E-state index contributed by atoms with van der Waals surface area (Å²) in [4.78, 5) is 4.31. The fourth-order valence-corrected chi connectivity index (χ4v) is 3.19. The van der Waals surface area contributed by atoms with Gasteiger partial charge in [0.15, 0.2) is 5.58 Å². The van der Waals surface area contributed by atoms with E-state index in [0.717, 1.165) is 11.3 Å². The molecule has 7 heteroatoms. The summed E-state index contributed by atoms with van der Waals surface area (Å²) < 4.78 is 20.0. The van der Waals surface area contributed by atoms with Crippen molar-refractivity contribution < 1.29 is 8.81 Å². The van der Waals surface area contributed by atoms with E-state index in [0.29, 0.717) is 33.0 Å². The van der Waals surface area contributed by atoms with Crippen molar-refractivity contribution >= 4 is 44.3 Å². The van der Waals surface area contributed by atoms with Gasteiger partial charge in [-0.3, -0.25) is 0 Å².